The molecule has 3 nitrogen and oxygen atoms in total. The van der Waals surface area contributed by atoms with Crippen molar-refractivity contribution in [1.82, 2.24) is 15.0 Å². The minimum atomic E-state index is -0.0902. The first-order valence-electron chi connectivity index (χ1n) is 18.8. The van der Waals surface area contributed by atoms with Crippen molar-refractivity contribution in [2.75, 3.05) is 0 Å². The number of nitrogens with zero attached hydrogens (tertiary/aromatic N) is 3. The second-order valence-electron chi connectivity index (χ2n) is 14.9. The van der Waals surface area contributed by atoms with E-state index in [4.69, 9.17) is 9.97 Å². The molecule has 0 atom stereocenters. The van der Waals surface area contributed by atoms with Crippen molar-refractivity contribution in [3.63, 3.8) is 0 Å². The maximum atomic E-state index is 5.13. The molecule has 260 valence electrons. The van der Waals surface area contributed by atoms with Gasteiger partial charge >= 0.3 is 0 Å². The lowest BCUT2D eigenvalue weighted by Crippen LogP contribution is -2.15. The van der Waals surface area contributed by atoms with E-state index in [2.05, 4.69) is 170 Å². The molecule has 0 N–H and O–H groups in total. The standard InChI is InChI=1S/C52H37N3/c1-52(2)46-27-25-35-11-6-7-19-44(35)50(46)45-26-24-41(31-47(45)52)39-15-8-14-38(29-39)40-16-9-17-42(30-40)49-32-48(54-51(55-49)37-12-4-3-5-13-37)36-22-20-34(21-23-36)43-18-10-28-53-33-43/h3-33H,1-2H3. The average molecular weight is 704 g/mol. The van der Waals surface area contributed by atoms with Gasteiger partial charge in [0, 0.05) is 34.5 Å². The van der Waals surface area contributed by atoms with Gasteiger partial charge in [-0.05, 0) is 96.7 Å². The van der Waals surface area contributed by atoms with Gasteiger partial charge in [0.2, 0.25) is 0 Å². The summed E-state index contributed by atoms with van der Waals surface area (Å²) in [5.74, 6) is 0.700. The van der Waals surface area contributed by atoms with Crippen LogP contribution < -0.4 is 0 Å². The summed E-state index contributed by atoms with van der Waals surface area (Å²) in [4.78, 5) is 14.5. The lowest BCUT2D eigenvalue weighted by atomic mass is 9.81. The maximum absolute atomic E-state index is 5.13. The number of hydrogen-bond donors (Lipinski definition) is 0. The quantitative estimate of drug-likeness (QED) is 0.173. The number of fused-ring (bicyclic) bond motifs is 5. The van der Waals surface area contributed by atoms with E-state index < -0.39 is 0 Å². The molecular formula is C52H37N3. The highest BCUT2D eigenvalue weighted by Gasteiger charge is 2.36. The monoisotopic (exact) mass is 703 g/mol. The molecule has 1 aliphatic rings. The van der Waals surface area contributed by atoms with Gasteiger partial charge in [0.15, 0.2) is 5.82 Å². The highest BCUT2D eigenvalue weighted by molar-refractivity contribution is 6.02. The highest BCUT2D eigenvalue weighted by Crippen LogP contribution is 2.52. The van der Waals surface area contributed by atoms with Crippen molar-refractivity contribution >= 4 is 10.8 Å². The molecule has 0 saturated carbocycles. The Morgan fingerprint density at radius 1 is 0.400 bits per heavy atom. The molecule has 1 aliphatic carbocycles. The predicted molar refractivity (Wildman–Crippen MR) is 228 cm³/mol. The highest BCUT2D eigenvalue weighted by atomic mass is 14.9. The minimum absolute atomic E-state index is 0.0902. The Morgan fingerprint density at radius 2 is 1.00 bits per heavy atom. The van der Waals surface area contributed by atoms with Crippen LogP contribution in [-0.2, 0) is 5.41 Å². The lowest BCUT2D eigenvalue weighted by molar-refractivity contribution is 0.661. The van der Waals surface area contributed by atoms with Crippen LogP contribution in [0.25, 0.3) is 89.2 Å². The fraction of sp³-hybridized carbons (Fsp3) is 0.0577. The van der Waals surface area contributed by atoms with E-state index in [1.54, 1.807) is 6.20 Å². The largest absolute Gasteiger partial charge is 0.264 e. The van der Waals surface area contributed by atoms with E-state index in [0.717, 1.165) is 50.3 Å². The van der Waals surface area contributed by atoms with Crippen molar-refractivity contribution in [2.45, 2.75) is 19.3 Å². The molecule has 0 radical (unpaired) electrons. The van der Waals surface area contributed by atoms with E-state index in [-0.39, 0.29) is 5.41 Å². The van der Waals surface area contributed by atoms with Crippen molar-refractivity contribution in [1.29, 1.82) is 0 Å². The number of rotatable bonds is 6. The Kier molecular flexibility index (Phi) is 7.81. The van der Waals surface area contributed by atoms with Gasteiger partial charge in [0.1, 0.15) is 0 Å². The van der Waals surface area contributed by atoms with Gasteiger partial charge in [-0.3, -0.25) is 4.98 Å². The van der Waals surface area contributed by atoms with E-state index in [0.29, 0.717) is 5.82 Å². The zero-order valence-corrected chi connectivity index (χ0v) is 30.7. The molecule has 7 aromatic carbocycles. The van der Waals surface area contributed by atoms with Gasteiger partial charge in [-0.15, -0.1) is 0 Å². The van der Waals surface area contributed by atoms with Crippen LogP contribution in [0, 0.1) is 0 Å². The Labute approximate surface area is 321 Å². The van der Waals surface area contributed by atoms with Crippen LogP contribution in [-0.4, -0.2) is 15.0 Å². The zero-order chi connectivity index (χ0) is 36.9. The summed E-state index contributed by atoms with van der Waals surface area (Å²) in [5.41, 5.74) is 17.2. The first-order chi connectivity index (χ1) is 27.0. The minimum Gasteiger partial charge on any atom is -0.264 e. The molecule has 0 unspecified atom stereocenters. The Morgan fingerprint density at radius 3 is 1.75 bits per heavy atom. The van der Waals surface area contributed by atoms with Crippen LogP contribution >= 0.6 is 0 Å². The molecule has 2 heterocycles. The third-order valence-corrected chi connectivity index (χ3v) is 11.2. The van der Waals surface area contributed by atoms with Crippen molar-refractivity contribution in [3.05, 3.63) is 199 Å². The molecule has 0 aliphatic heterocycles. The Balaban J connectivity index is 1.02. The molecule has 0 spiro atoms. The molecule has 0 saturated heterocycles. The zero-order valence-electron chi connectivity index (χ0n) is 30.7. The first-order valence-corrected chi connectivity index (χ1v) is 18.8. The third-order valence-electron chi connectivity index (χ3n) is 11.2. The summed E-state index contributed by atoms with van der Waals surface area (Å²) < 4.78 is 0. The van der Waals surface area contributed by atoms with Crippen LogP contribution in [0.1, 0.15) is 25.0 Å². The van der Waals surface area contributed by atoms with E-state index in [1.807, 2.05) is 30.5 Å². The molecule has 0 amide bonds. The lowest BCUT2D eigenvalue weighted by Gasteiger charge is -2.22. The van der Waals surface area contributed by atoms with Crippen molar-refractivity contribution in [3.8, 4) is 78.4 Å². The molecular weight excluding hydrogens is 667 g/mol. The number of aromatic nitrogens is 3. The van der Waals surface area contributed by atoms with Crippen LogP contribution in [0.4, 0.5) is 0 Å². The van der Waals surface area contributed by atoms with E-state index in [9.17, 15) is 0 Å². The second-order valence-corrected chi connectivity index (χ2v) is 14.9. The Bertz CT molecular complexity index is 2870. The second kappa shape index (κ2) is 13.2. The fourth-order valence-corrected chi connectivity index (χ4v) is 8.25. The van der Waals surface area contributed by atoms with Gasteiger partial charge in [0.05, 0.1) is 11.4 Å². The van der Waals surface area contributed by atoms with E-state index >= 15 is 0 Å². The van der Waals surface area contributed by atoms with Crippen LogP contribution in [0.5, 0.6) is 0 Å². The van der Waals surface area contributed by atoms with E-state index in [1.165, 1.54) is 44.2 Å². The first kappa shape index (κ1) is 32.7. The molecule has 3 heteroatoms. The SMILES string of the molecule is CC1(C)c2cc(-c3cccc(-c4cccc(-c5cc(-c6ccc(-c7cccnc7)cc6)nc(-c6ccccc6)n5)c4)c3)ccc2-c2c1ccc1ccccc21. The topological polar surface area (TPSA) is 38.7 Å². The summed E-state index contributed by atoms with van der Waals surface area (Å²) in [6.45, 7) is 4.72. The fourth-order valence-electron chi connectivity index (χ4n) is 8.25. The average Bonchev–Trinajstić information content (AvgIpc) is 3.49. The van der Waals surface area contributed by atoms with Gasteiger partial charge in [-0.25, -0.2) is 9.97 Å². The van der Waals surface area contributed by atoms with Gasteiger partial charge in [-0.1, -0.05) is 159 Å². The molecule has 10 rings (SSSR count). The summed E-state index contributed by atoms with van der Waals surface area (Å²) in [7, 11) is 0. The van der Waals surface area contributed by atoms with Crippen LogP contribution in [0.3, 0.4) is 0 Å². The number of benzene rings is 7. The normalized spacial score (nSPS) is 12.7. The van der Waals surface area contributed by atoms with Gasteiger partial charge in [0.25, 0.3) is 0 Å². The predicted octanol–water partition coefficient (Wildman–Crippen LogP) is 13.3. The third kappa shape index (κ3) is 5.82. The molecule has 9 aromatic rings. The smallest absolute Gasteiger partial charge is 0.160 e. The summed E-state index contributed by atoms with van der Waals surface area (Å²) >= 11 is 0. The maximum Gasteiger partial charge on any atom is 0.160 e. The summed E-state index contributed by atoms with van der Waals surface area (Å²) in [6, 6.07) is 62.9. The molecule has 0 bridgehead atoms. The van der Waals surface area contributed by atoms with Crippen molar-refractivity contribution < 1.29 is 0 Å². The summed E-state index contributed by atoms with van der Waals surface area (Å²) in [5, 5.41) is 2.61. The van der Waals surface area contributed by atoms with Crippen LogP contribution in [0.15, 0.2) is 188 Å². The molecule has 55 heavy (non-hydrogen) atoms. The Hall–Kier alpha value is -6.97. The van der Waals surface area contributed by atoms with Crippen molar-refractivity contribution in [2.24, 2.45) is 0 Å². The number of hydrogen-bond acceptors (Lipinski definition) is 3. The number of pyridine rings is 1. The van der Waals surface area contributed by atoms with Crippen LogP contribution in [0.2, 0.25) is 0 Å². The van der Waals surface area contributed by atoms with Gasteiger partial charge in [-0.2, -0.15) is 0 Å². The van der Waals surface area contributed by atoms with Gasteiger partial charge < -0.3 is 0 Å². The summed E-state index contributed by atoms with van der Waals surface area (Å²) in [6.07, 6.45) is 3.69. The molecule has 2 aromatic heterocycles. The molecule has 0 fully saturated rings.